The van der Waals surface area contributed by atoms with Crippen molar-refractivity contribution in [3.63, 3.8) is 0 Å². The van der Waals surface area contributed by atoms with Gasteiger partial charge in [0.2, 0.25) is 11.8 Å². The Morgan fingerprint density at radius 3 is 2.27 bits per heavy atom. The van der Waals surface area contributed by atoms with Gasteiger partial charge >= 0.3 is 5.97 Å². The van der Waals surface area contributed by atoms with Gasteiger partial charge in [-0.15, -0.1) is 0 Å². The highest BCUT2D eigenvalue weighted by Crippen LogP contribution is 2.47. The maximum absolute atomic E-state index is 13.6. The van der Waals surface area contributed by atoms with Crippen LogP contribution in [0.3, 0.4) is 0 Å². The molecule has 3 aliphatic rings. The number of amides is 2. The number of benzene rings is 2. The minimum absolute atomic E-state index is 0.0194. The number of aliphatic imine (C=N–C) groups is 1. The number of carbonyl (C=O) groups is 3. The molecule has 9 nitrogen and oxygen atoms in total. The highest BCUT2D eigenvalue weighted by atomic mass is 32.2. The maximum Gasteiger partial charge on any atom is 0.338 e. The molecule has 0 spiro atoms. The summed E-state index contributed by atoms with van der Waals surface area (Å²) in [4.78, 5) is 49.2. The third-order valence-electron chi connectivity index (χ3n) is 7.19. The quantitative estimate of drug-likeness (QED) is 0.472. The van der Waals surface area contributed by atoms with E-state index in [1.807, 2.05) is 64.9 Å². The van der Waals surface area contributed by atoms with Crippen molar-refractivity contribution in [2.24, 2.45) is 4.99 Å². The number of esters is 1. The minimum Gasteiger partial charge on any atom is -0.497 e. The van der Waals surface area contributed by atoms with E-state index in [-0.39, 0.29) is 24.8 Å². The maximum atomic E-state index is 13.6. The van der Waals surface area contributed by atoms with Crippen LogP contribution in [-0.4, -0.2) is 77.5 Å². The second kappa shape index (κ2) is 12.0. The Hall–Kier alpha value is -4.05. The molecule has 0 bridgehead atoms. The fraction of sp³-hybridized carbons (Fsp3) is 0.333. The number of ether oxygens (including phenoxy) is 2. The first-order valence-corrected chi connectivity index (χ1v) is 14.2. The normalized spacial score (nSPS) is 18.7. The highest BCUT2D eigenvalue weighted by molar-refractivity contribution is 8.16. The number of hydrogen-bond donors (Lipinski definition) is 0. The second-order valence-electron chi connectivity index (χ2n) is 9.58. The Balaban J connectivity index is 1.53. The van der Waals surface area contributed by atoms with Crippen molar-refractivity contribution >= 4 is 40.4 Å². The summed E-state index contributed by atoms with van der Waals surface area (Å²) in [6.07, 6.45) is 0.148. The van der Waals surface area contributed by atoms with Crippen molar-refractivity contribution in [2.45, 2.75) is 26.3 Å². The number of carbonyl (C=O) groups excluding carboxylic acids is 3. The molecule has 0 saturated carbocycles. The molecule has 0 aliphatic carbocycles. The van der Waals surface area contributed by atoms with Gasteiger partial charge in [-0.2, -0.15) is 0 Å². The van der Waals surface area contributed by atoms with Crippen LogP contribution in [0.25, 0.3) is 5.70 Å². The van der Waals surface area contributed by atoms with Crippen molar-refractivity contribution < 1.29 is 23.9 Å². The Morgan fingerprint density at radius 1 is 0.975 bits per heavy atom. The standard InChI is InChI=1S/C30H32N4O5S/c1-4-39-29(37)26-27(21-8-6-5-7-9-21)31-30-34(28(26)22-10-12-24(38-3)13-11-22)23(19-40-30)18-25(36)33-16-14-32(15-17-33)20(2)35/h5-13,19,28H,4,14-18H2,1-3H3. The zero-order valence-electron chi connectivity index (χ0n) is 22.8. The van der Waals surface area contributed by atoms with Gasteiger partial charge in [-0.25, -0.2) is 9.79 Å². The van der Waals surface area contributed by atoms with E-state index in [0.717, 1.165) is 16.8 Å². The van der Waals surface area contributed by atoms with Crippen molar-refractivity contribution in [1.82, 2.24) is 14.7 Å². The number of thioether (sulfide) groups is 1. The highest BCUT2D eigenvalue weighted by Gasteiger charge is 2.42. The zero-order chi connectivity index (χ0) is 28.2. The summed E-state index contributed by atoms with van der Waals surface area (Å²) in [5, 5.41) is 2.63. The van der Waals surface area contributed by atoms with Gasteiger partial charge in [-0.1, -0.05) is 54.2 Å². The first-order chi connectivity index (χ1) is 19.4. The summed E-state index contributed by atoms with van der Waals surface area (Å²) in [6, 6.07) is 16.6. The summed E-state index contributed by atoms with van der Waals surface area (Å²) >= 11 is 1.44. The molecule has 1 saturated heterocycles. The number of hydrogen-bond acceptors (Lipinski definition) is 8. The summed E-state index contributed by atoms with van der Waals surface area (Å²) in [5.41, 5.74) is 3.39. The predicted octanol–water partition coefficient (Wildman–Crippen LogP) is 4.05. The smallest absolute Gasteiger partial charge is 0.338 e. The van der Waals surface area contributed by atoms with Crippen LogP contribution in [0.2, 0.25) is 0 Å². The Labute approximate surface area is 238 Å². The lowest BCUT2D eigenvalue weighted by atomic mass is 9.91. The van der Waals surface area contributed by atoms with E-state index < -0.39 is 12.0 Å². The van der Waals surface area contributed by atoms with Gasteiger partial charge in [-0.3, -0.25) is 9.59 Å². The molecular weight excluding hydrogens is 528 g/mol. The molecule has 1 atom stereocenters. The van der Waals surface area contributed by atoms with E-state index in [1.54, 1.807) is 30.8 Å². The third-order valence-corrected chi connectivity index (χ3v) is 8.08. The first kappa shape index (κ1) is 27.5. The van der Waals surface area contributed by atoms with Gasteiger partial charge in [-0.05, 0) is 30.0 Å². The minimum atomic E-state index is -0.559. The summed E-state index contributed by atoms with van der Waals surface area (Å²) in [7, 11) is 1.61. The average molecular weight is 561 g/mol. The molecule has 1 fully saturated rings. The monoisotopic (exact) mass is 560 g/mol. The number of nitrogens with zero attached hydrogens (tertiary/aromatic N) is 4. The fourth-order valence-electron chi connectivity index (χ4n) is 5.13. The van der Waals surface area contributed by atoms with Gasteiger partial charge in [0.15, 0.2) is 5.17 Å². The number of methoxy groups -OCH3 is 1. The molecule has 2 aromatic carbocycles. The van der Waals surface area contributed by atoms with Crippen LogP contribution in [0.15, 0.2) is 76.3 Å². The van der Waals surface area contributed by atoms with Crippen LogP contribution in [-0.2, 0) is 19.1 Å². The Morgan fingerprint density at radius 2 is 1.65 bits per heavy atom. The van der Waals surface area contributed by atoms with Gasteiger partial charge in [0.25, 0.3) is 0 Å². The lowest BCUT2D eigenvalue weighted by Gasteiger charge is -2.38. The molecule has 208 valence electrons. The van der Waals surface area contributed by atoms with Gasteiger partial charge in [0.05, 0.1) is 37.4 Å². The Bertz CT molecular complexity index is 1380. The number of fused-ring (bicyclic) bond motifs is 1. The van der Waals surface area contributed by atoms with E-state index in [1.165, 1.54) is 11.8 Å². The fourth-order valence-corrected chi connectivity index (χ4v) is 6.05. The summed E-state index contributed by atoms with van der Waals surface area (Å²) in [6.45, 7) is 5.58. The molecule has 5 rings (SSSR count). The van der Waals surface area contributed by atoms with Crippen LogP contribution in [0.5, 0.6) is 5.75 Å². The SMILES string of the molecule is CCOC(=O)C1=C(c2ccccc2)N=C2SC=C(CC(=O)N3CCN(C(C)=O)CC3)N2C1c1ccc(OC)cc1. The molecule has 40 heavy (non-hydrogen) atoms. The molecule has 0 N–H and O–H groups in total. The van der Waals surface area contributed by atoms with E-state index in [2.05, 4.69) is 0 Å². The predicted molar refractivity (Wildman–Crippen MR) is 154 cm³/mol. The van der Waals surface area contributed by atoms with Crippen molar-refractivity contribution in [3.05, 3.63) is 82.4 Å². The Kier molecular flexibility index (Phi) is 8.25. The summed E-state index contributed by atoms with van der Waals surface area (Å²) < 4.78 is 10.9. The lowest BCUT2D eigenvalue weighted by molar-refractivity contribution is -0.139. The largest absolute Gasteiger partial charge is 0.497 e. The van der Waals surface area contributed by atoms with E-state index >= 15 is 0 Å². The lowest BCUT2D eigenvalue weighted by Crippen LogP contribution is -2.50. The molecule has 0 radical (unpaired) electrons. The molecule has 10 heteroatoms. The van der Waals surface area contributed by atoms with Crippen LogP contribution >= 0.6 is 11.8 Å². The number of piperazine rings is 1. The first-order valence-electron chi connectivity index (χ1n) is 13.3. The zero-order valence-corrected chi connectivity index (χ0v) is 23.6. The number of rotatable bonds is 7. The molecule has 1 unspecified atom stereocenters. The van der Waals surface area contributed by atoms with Gasteiger partial charge in [0, 0.05) is 44.4 Å². The molecule has 3 heterocycles. The van der Waals surface area contributed by atoms with Crippen molar-refractivity contribution in [2.75, 3.05) is 39.9 Å². The van der Waals surface area contributed by atoms with Crippen LogP contribution in [0, 0.1) is 0 Å². The van der Waals surface area contributed by atoms with Crippen LogP contribution in [0.1, 0.15) is 37.4 Å². The van der Waals surface area contributed by atoms with E-state index in [0.29, 0.717) is 48.4 Å². The summed E-state index contributed by atoms with van der Waals surface area (Å²) in [5.74, 6) is 0.240. The van der Waals surface area contributed by atoms with E-state index in [9.17, 15) is 14.4 Å². The van der Waals surface area contributed by atoms with Crippen molar-refractivity contribution in [1.29, 1.82) is 0 Å². The topological polar surface area (TPSA) is 91.8 Å². The molecule has 2 aromatic rings. The van der Waals surface area contributed by atoms with Crippen LogP contribution in [0.4, 0.5) is 0 Å². The van der Waals surface area contributed by atoms with E-state index in [4.69, 9.17) is 14.5 Å². The average Bonchev–Trinajstić information content (AvgIpc) is 3.39. The second-order valence-corrected chi connectivity index (χ2v) is 10.4. The molecular formula is C30H32N4O5S. The van der Waals surface area contributed by atoms with Crippen molar-refractivity contribution in [3.8, 4) is 5.75 Å². The van der Waals surface area contributed by atoms with Crippen LogP contribution < -0.4 is 4.74 Å². The third kappa shape index (κ3) is 5.49. The van der Waals surface area contributed by atoms with Gasteiger partial charge < -0.3 is 24.2 Å². The molecule has 2 amide bonds. The molecule has 3 aliphatic heterocycles. The molecule has 0 aromatic heterocycles. The van der Waals surface area contributed by atoms with Gasteiger partial charge in [0.1, 0.15) is 5.75 Å². The number of amidine groups is 1.